The summed E-state index contributed by atoms with van der Waals surface area (Å²) >= 11 is 2.83. The third kappa shape index (κ3) is 2.65. The Morgan fingerprint density at radius 1 is 0.714 bits per heavy atom. The Balaban J connectivity index is 1.96. The van der Waals surface area contributed by atoms with E-state index in [4.69, 9.17) is 0 Å². The molecule has 0 heterocycles. The Kier molecular flexibility index (Phi) is 4.15. The summed E-state index contributed by atoms with van der Waals surface area (Å²) in [6, 6.07) is 0. The van der Waals surface area contributed by atoms with Gasteiger partial charge in [0.1, 0.15) is 0 Å². The first-order valence-corrected chi connectivity index (χ1v) is 7.58. The fraction of sp³-hybridized carbons (Fsp3) is 1.00. The summed E-state index contributed by atoms with van der Waals surface area (Å²) in [6.07, 6.45) is 16.6. The maximum Gasteiger partial charge on any atom is 0.0250 e. The lowest BCUT2D eigenvalue weighted by Crippen LogP contribution is -2.32. The van der Waals surface area contributed by atoms with Gasteiger partial charge in [0.25, 0.3) is 0 Å². The molecular formula is C13H23I. The number of rotatable bonds is 1. The zero-order chi connectivity index (χ0) is 9.86. The zero-order valence-electron chi connectivity index (χ0n) is 9.23. The lowest BCUT2D eigenvalue weighted by molar-refractivity contribution is 0.271. The van der Waals surface area contributed by atoms with Gasteiger partial charge >= 0.3 is 0 Å². The molecular weight excluding hydrogens is 283 g/mol. The largest absolute Gasteiger partial charge is 0.0786 e. The fourth-order valence-electron chi connectivity index (χ4n) is 3.34. The minimum atomic E-state index is 0.703. The van der Waals surface area contributed by atoms with Gasteiger partial charge in [0, 0.05) is 3.42 Å². The SMILES string of the molecule is IC1(C2CCCCC2)CCCCCC1. The van der Waals surface area contributed by atoms with Crippen molar-refractivity contribution in [3.63, 3.8) is 0 Å². The second-order valence-corrected chi connectivity index (χ2v) is 7.43. The molecule has 0 atom stereocenters. The molecule has 0 amide bonds. The van der Waals surface area contributed by atoms with Crippen LogP contribution in [0, 0.1) is 5.92 Å². The van der Waals surface area contributed by atoms with Crippen LogP contribution in [0.2, 0.25) is 0 Å². The van der Waals surface area contributed by atoms with Gasteiger partial charge in [0.2, 0.25) is 0 Å². The molecule has 2 saturated carbocycles. The van der Waals surface area contributed by atoms with Gasteiger partial charge in [-0.05, 0) is 31.6 Å². The van der Waals surface area contributed by atoms with E-state index in [1.165, 1.54) is 70.6 Å². The Morgan fingerprint density at radius 2 is 1.21 bits per heavy atom. The summed E-state index contributed by atoms with van der Waals surface area (Å²) in [5, 5.41) is 0. The molecule has 0 radical (unpaired) electrons. The van der Waals surface area contributed by atoms with Crippen LogP contribution in [0.1, 0.15) is 70.6 Å². The van der Waals surface area contributed by atoms with Crippen molar-refractivity contribution in [3.05, 3.63) is 0 Å². The average molecular weight is 306 g/mol. The second kappa shape index (κ2) is 5.18. The van der Waals surface area contributed by atoms with Crippen LogP contribution in [0.25, 0.3) is 0 Å². The van der Waals surface area contributed by atoms with E-state index in [2.05, 4.69) is 22.6 Å². The molecule has 2 aliphatic rings. The minimum Gasteiger partial charge on any atom is -0.0786 e. The summed E-state index contributed by atoms with van der Waals surface area (Å²) in [5.74, 6) is 1.06. The molecule has 0 unspecified atom stereocenters. The molecule has 0 bridgehead atoms. The number of hydrogen-bond donors (Lipinski definition) is 0. The Morgan fingerprint density at radius 3 is 1.79 bits per heavy atom. The van der Waals surface area contributed by atoms with E-state index in [0.717, 1.165) is 5.92 Å². The fourth-order valence-corrected chi connectivity index (χ4v) is 4.73. The van der Waals surface area contributed by atoms with Crippen LogP contribution in [-0.2, 0) is 0 Å². The predicted molar refractivity (Wildman–Crippen MR) is 71.0 cm³/mol. The van der Waals surface area contributed by atoms with E-state index in [1.54, 1.807) is 0 Å². The summed E-state index contributed by atoms with van der Waals surface area (Å²) in [7, 11) is 0. The maximum atomic E-state index is 2.83. The molecule has 0 aromatic rings. The summed E-state index contributed by atoms with van der Waals surface area (Å²) in [6.45, 7) is 0. The van der Waals surface area contributed by atoms with Crippen molar-refractivity contribution in [3.8, 4) is 0 Å². The Bertz CT molecular complexity index is 162. The molecule has 0 aromatic carbocycles. The van der Waals surface area contributed by atoms with Gasteiger partial charge in [0.05, 0.1) is 0 Å². The van der Waals surface area contributed by atoms with Crippen LogP contribution >= 0.6 is 22.6 Å². The van der Waals surface area contributed by atoms with E-state index in [1.807, 2.05) is 0 Å². The molecule has 0 aromatic heterocycles. The van der Waals surface area contributed by atoms with Gasteiger partial charge in [0.15, 0.2) is 0 Å². The molecule has 0 aliphatic heterocycles. The Labute approximate surface area is 102 Å². The molecule has 0 saturated heterocycles. The van der Waals surface area contributed by atoms with Gasteiger partial charge in [-0.15, -0.1) is 0 Å². The van der Waals surface area contributed by atoms with E-state index >= 15 is 0 Å². The topological polar surface area (TPSA) is 0 Å². The van der Waals surface area contributed by atoms with Crippen molar-refractivity contribution in [2.24, 2.45) is 5.92 Å². The maximum absolute atomic E-state index is 2.83. The monoisotopic (exact) mass is 306 g/mol. The van der Waals surface area contributed by atoms with Gasteiger partial charge in [-0.25, -0.2) is 0 Å². The first-order chi connectivity index (χ1) is 6.81. The molecule has 14 heavy (non-hydrogen) atoms. The van der Waals surface area contributed by atoms with Gasteiger partial charge in [-0.2, -0.15) is 0 Å². The summed E-state index contributed by atoms with van der Waals surface area (Å²) < 4.78 is 0.703. The minimum absolute atomic E-state index is 0.703. The molecule has 0 nitrogen and oxygen atoms in total. The van der Waals surface area contributed by atoms with Gasteiger partial charge in [-0.3, -0.25) is 0 Å². The number of halogens is 1. The lowest BCUT2D eigenvalue weighted by Gasteiger charge is -2.38. The average Bonchev–Trinajstić information content (AvgIpc) is 2.46. The van der Waals surface area contributed by atoms with Crippen molar-refractivity contribution in [1.29, 1.82) is 0 Å². The van der Waals surface area contributed by atoms with Crippen LogP contribution in [0.15, 0.2) is 0 Å². The van der Waals surface area contributed by atoms with E-state index in [0.29, 0.717) is 3.42 Å². The van der Waals surface area contributed by atoms with E-state index in [-0.39, 0.29) is 0 Å². The third-order valence-electron chi connectivity index (χ3n) is 4.27. The van der Waals surface area contributed by atoms with Gasteiger partial charge in [-0.1, -0.05) is 67.5 Å². The molecule has 82 valence electrons. The van der Waals surface area contributed by atoms with Crippen molar-refractivity contribution < 1.29 is 0 Å². The molecule has 2 fully saturated rings. The molecule has 0 spiro atoms. The van der Waals surface area contributed by atoms with Crippen LogP contribution in [0.4, 0.5) is 0 Å². The van der Waals surface area contributed by atoms with Crippen molar-refractivity contribution in [2.75, 3.05) is 0 Å². The van der Waals surface area contributed by atoms with E-state index < -0.39 is 0 Å². The van der Waals surface area contributed by atoms with Crippen molar-refractivity contribution in [2.45, 2.75) is 74.1 Å². The Hall–Kier alpha value is 0.730. The zero-order valence-corrected chi connectivity index (χ0v) is 11.4. The number of alkyl halides is 1. The lowest BCUT2D eigenvalue weighted by atomic mass is 9.77. The predicted octanol–water partition coefficient (Wildman–Crippen LogP) is 5.09. The van der Waals surface area contributed by atoms with Crippen molar-refractivity contribution >= 4 is 22.6 Å². The highest BCUT2D eigenvalue weighted by molar-refractivity contribution is 14.1. The highest BCUT2D eigenvalue weighted by atomic mass is 127. The van der Waals surface area contributed by atoms with Crippen LogP contribution < -0.4 is 0 Å². The molecule has 0 N–H and O–H groups in total. The highest BCUT2D eigenvalue weighted by Gasteiger charge is 2.36. The van der Waals surface area contributed by atoms with Crippen LogP contribution in [-0.4, -0.2) is 3.42 Å². The van der Waals surface area contributed by atoms with Crippen molar-refractivity contribution in [1.82, 2.24) is 0 Å². The molecule has 2 rings (SSSR count). The van der Waals surface area contributed by atoms with Gasteiger partial charge < -0.3 is 0 Å². The third-order valence-corrected chi connectivity index (χ3v) is 6.23. The van der Waals surface area contributed by atoms with Crippen LogP contribution in [0.3, 0.4) is 0 Å². The first-order valence-electron chi connectivity index (χ1n) is 6.50. The number of hydrogen-bond acceptors (Lipinski definition) is 0. The van der Waals surface area contributed by atoms with E-state index in [9.17, 15) is 0 Å². The molecule has 1 heteroatoms. The molecule has 2 aliphatic carbocycles. The quantitative estimate of drug-likeness (QED) is 0.359. The first kappa shape index (κ1) is 11.2. The summed E-state index contributed by atoms with van der Waals surface area (Å²) in [4.78, 5) is 0. The smallest absolute Gasteiger partial charge is 0.0250 e. The standard InChI is InChI=1S/C13H23I/c14-13(10-6-1-2-7-11-13)12-8-4-3-5-9-12/h12H,1-11H2. The summed E-state index contributed by atoms with van der Waals surface area (Å²) in [5.41, 5.74) is 0. The highest BCUT2D eigenvalue weighted by Crippen LogP contribution is 2.46. The normalized spacial score (nSPS) is 29.8. The second-order valence-electron chi connectivity index (χ2n) is 5.28. The van der Waals surface area contributed by atoms with Crippen LogP contribution in [0.5, 0.6) is 0 Å².